The predicted molar refractivity (Wildman–Crippen MR) is 140 cm³/mol. The lowest BCUT2D eigenvalue weighted by molar-refractivity contribution is 0.931. The maximum absolute atomic E-state index is 4.59. The third kappa shape index (κ3) is 6.83. The predicted octanol–water partition coefficient (Wildman–Crippen LogP) is 4.52. The summed E-state index contributed by atoms with van der Waals surface area (Å²) in [5.41, 5.74) is 1.84. The quantitative estimate of drug-likeness (QED) is 0.220. The van der Waals surface area contributed by atoms with Crippen molar-refractivity contribution in [2.45, 2.75) is 26.7 Å². The highest BCUT2D eigenvalue weighted by molar-refractivity contribution is 5.59. The van der Waals surface area contributed by atoms with E-state index >= 15 is 0 Å². The van der Waals surface area contributed by atoms with E-state index < -0.39 is 0 Å². The van der Waals surface area contributed by atoms with Crippen LogP contribution in [0.1, 0.15) is 26.7 Å². The molecule has 0 aliphatic carbocycles. The summed E-state index contributed by atoms with van der Waals surface area (Å²) in [4.78, 5) is 27.3. The van der Waals surface area contributed by atoms with Gasteiger partial charge in [0.15, 0.2) is 11.6 Å². The summed E-state index contributed by atoms with van der Waals surface area (Å²) in [7, 11) is 0. The maximum atomic E-state index is 4.59. The van der Waals surface area contributed by atoms with Gasteiger partial charge in [0.2, 0.25) is 23.8 Å². The summed E-state index contributed by atoms with van der Waals surface area (Å²) in [6, 6.07) is 19.7. The minimum absolute atomic E-state index is 0.316. The lowest BCUT2D eigenvalue weighted by Gasteiger charge is -2.12. The first-order valence-electron chi connectivity index (χ1n) is 11.8. The van der Waals surface area contributed by atoms with Gasteiger partial charge in [-0.2, -0.15) is 29.9 Å². The van der Waals surface area contributed by atoms with Crippen LogP contribution in [0.5, 0.6) is 0 Å². The second kappa shape index (κ2) is 12.2. The van der Waals surface area contributed by atoms with Crippen molar-refractivity contribution in [1.29, 1.82) is 0 Å². The first kappa shape index (κ1) is 23.8. The van der Waals surface area contributed by atoms with E-state index in [0.717, 1.165) is 37.1 Å². The summed E-state index contributed by atoms with van der Waals surface area (Å²) in [6.45, 7) is 6.05. The molecule has 0 saturated carbocycles. The van der Waals surface area contributed by atoms with Gasteiger partial charge in [0.05, 0.1) is 6.67 Å². The van der Waals surface area contributed by atoms with E-state index in [-0.39, 0.29) is 0 Å². The molecular weight excluding hydrogens is 440 g/mol. The number of hydrogen-bond acceptors (Lipinski definition) is 10. The Balaban J connectivity index is 1.51. The Labute approximate surface area is 205 Å². The number of aromatic nitrogens is 6. The summed E-state index contributed by atoms with van der Waals surface area (Å²) < 4.78 is 0. The molecule has 2 aromatic heterocycles. The van der Waals surface area contributed by atoms with Gasteiger partial charge < -0.3 is 21.3 Å². The van der Waals surface area contributed by atoms with Crippen molar-refractivity contribution >= 4 is 23.8 Å². The Morgan fingerprint density at radius 1 is 0.486 bits per heavy atom. The van der Waals surface area contributed by atoms with Crippen molar-refractivity contribution in [3.63, 3.8) is 0 Å². The topological polar surface area (TPSA) is 125 Å². The van der Waals surface area contributed by atoms with Gasteiger partial charge in [0.1, 0.15) is 0 Å². The van der Waals surface area contributed by atoms with Gasteiger partial charge in [-0.15, -0.1) is 0 Å². The molecule has 0 radical (unpaired) electrons. The van der Waals surface area contributed by atoms with Crippen LogP contribution in [0.4, 0.5) is 23.8 Å². The van der Waals surface area contributed by atoms with E-state index in [1.807, 2.05) is 60.7 Å². The minimum atomic E-state index is 0.316. The molecule has 35 heavy (non-hydrogen) atoms. The normalized spacial score (nSPS) is 10.6. The fraction of sp³-hybridized carbons (Fsp3) is 0.280. The Kier molecular flexibility index (Phi) is 8.31. The van der Waals surface area contributed by atoms with Gasteiger partial charge in [-0.1, -0.05) is 74.5 Å². The van der Waals surface area contributed by atoms with Crippen LogP contribution in [0.15, 0.2) is 60.7 Å². The average Bonchev–Trinajstić information content (AvgIpc) is 2.91. The zero-order chi connectivity index (χ0) is 24.3. The molecule has 10 nitrogen and oxygen atoms in total. The van der Waals surface area contributed by atoms with Crippen LogP contribution in [0.3, 0.4) is 0 Å². The van der Waals surface area contributed by atoms with Crippen LogP contribution < -0.4 is 21.3 Å². The molecule has 0 atom stereocenters. The molecule has 0 amide bonds. The van der Waals surface area contributed by atoms with E-state index in [4.69, 9.17) is 0 Å². The van der Waals surface area contributed by atoms with Crippen LogP contribution in [-0.4, -0.2) is 49.7 Å². The Morgan fingerprint density at radius 3 is 1.23 bits per heavy atom. The lowest BCUT2D eigenvalue weighted by Crippen LogP contribution is -2.18. The molecule has 0 aliphatic heterocycles. The Morgan fingerprint density at radius 2 is 0.857 bits per heavy atom. The number of nitrogens with one attached hydrogen (secondary N) is 4. The summed E-state index contributed by atoms with van der Waals surface area (Å²) in [5, 5.41) is 12.9. The third-order valence-corrected chi connectivity index (χ3v) is 4.89. The smallest absolute Gasteiger partial charge is 0.229 e. The molecule has 0 saturated heterocycles. The van der Waals surface area contributed by atoms with E-state index in [1.165, 1.54) is 0 Å². The van der Waals surface area contributed by atoms with Gasteiger partial charge in [0, 0.05) is 24.2 Å². The molecule has 180 valence electrons. The fourth-order valence-corrected chi connectivity index (χ4v) is 3.18. The van der Waals surface area contributed by atoms with Crippen LogP contribution in [0.2, 0.25) is 0 Å². The molecule has 0 unspecified atom stereocenters. The molecule has 2 aromatic carbocycles. The molecule has 4 N–H and O–H groups in total. The SMILES string of the molecule is CCCNc1nc(NCNc2nc(NCCC)nc(-c3ccccc3)n2)nc(-c2ccccc2)n1. The standard InChI is InChI=1S/C25H30N10/c1-3-15-26-22-30-20(18-11-7-5-8-12-18)32-24(34-22)28-17-29-25-33-21(19-13-9-6-10-14-19)31-23(35-25)27-16-4-2/h5-14H,3-4,15-17H2,1-2H3,(H2,26,28,30,32,34)(H2,27,29,31,33,35). The van der Waals surface area contributed by atoms with E-state index in [1.54, 1.807) is 0 Å². The largest absolute Gasteiger partial charge is 0.354 e. The first-order chi connectivity index (χ1) is 17.2. The van der Waals surface area contributed by atoms with Crippen molar-refractivity contribution in [1.82, 2.24) is 29.9 Å². The Hall–Kier alpha value is -4.34. The monoisotopic (exact) mass is 470 g/mol. The van der Waals surface area contributed by atoms with Gasteiger partial charge >= 0.3 is 0 Å². The number of hydrogen-bond donors (Lipinski definition) is 4. The second-order valence-corrected chi connectivity index (χ2v) is 7.73. The second-order valence-electron chi connectivity index (χ2n) is 7.73. The van der Waals surface area contributed by atoms with Gasteiger partial charge in [-0.05, 0) is 12.8 Å². The Bertz CT molecular complexity index is 1110. The minimum Gasteiger partial charge on any atom is -0.354 e. The van der Waals surface area contributed by atoms with Gasteiger partial charge in [0.25, 0.3) is 0 Å². The molecule has 0 bridgehead atoms. The summed E-state index contributed by atoms with van der Waals surface area (Å²) >= 11 is 0. The highest BCUT2D eigenvalue weighted by Crippen LogP contribution is 2.19. The van der Waals surface area contributed by atoms with Crippen molar-refractivity contribution in [3.8, 4) is 22.8 Å². The molecule has 0 fully saturated rings. The van der Waals surface area contributed by atoms with E-state index in [2.05, 4.69) is 65.0 Å². The maximum Gasteiger partial charge on any atom is 0.229 e. The first-order valence-corrected chi connectivity index (χ1v) is 11.8. The molecule has 4 rings (SSSR count). The van der Waals surface area contributed by atoms with E-state index in [9.17, 15) is 0 Å². The zero-order valence-electron chi connectivity index (χ0n) is 20.0. The number of rotatable bonds is 12. The van der Waals surface area contributed by atoms with Crippen LogP contribution in [0, 0.1) is 0 Å². The molecule has 0 aliphatic rings. The number of anilines is 4. The van der Waals surface area contributed by atoms with Crippen LogP contribution >= 0.6 is 0 Å². The molecular formula is C25H30N10. The van der Waals surface area contributed by atoms with Crippen molar-refractivity contribution in [2.24, 2.45) is 0 Å². The van der Waals surface area contributed by atoms with Crippen molar-refractivity contribution in [2.75, 3.05) is 41.0 Å². The van der Waals surface area contributed by atoms with E-state index in [0.29, 0.717) is 42.1 Å². The highest BCUT2D eigenvalue weighted by Gasteiger charge is 2.10. The lowest BCUT2D eigenvalue weighted by atomic mass is 10.2. The number of nitrogens with zero attached hydrogens (tertiary/aromatic N) is 6. The third-order valence-electron chi connectivity index (χ3n) is 4.89. The van der Waals surface area contributed by atoms with Crippen LogP contribution in [0.25, 0.3) is 22.8 Å². The van der Waals surface area contributed by atoms with Crippen LogP contribution in [-0.2, 0) is 0 Å². The fourth-order valence-electron chi connectivity index (χ4n) is 3.18. The van der Waals surface area contributed by atoms with Crippen molar-refractivity contribution in [3.05, 3.63) is 60.7 Å². The van der Waals surface area contributed by atoms with Gasteiger partial charge in [-0.25, -0.2) is 0 Å². The molecule has 2 heterocycles. The average molecular weight is 471 g/mol. The molecule has 0 spiro atoms. The molecule has 10 heteroatoms. The number of benzene rings is 2. The molecule has 4 aromatic rings. The van der Waals surface area contributed by atoms with Crippen molar-refractivity contribution < 1.29 is 0 Å². The highest BCUT2D eigenvalue weighted by atomic mass is 15.3. The summed E-state index contributed by atoms with van der Waals surface area (Å²) in [6.07, 6.45) is 1.93. The summed E-state index contributed by atoms with van der Waals surface area (Å²) in [5.74, 6) is 3.15. The zero-order valence-corrected chi connectivity index (χ0v) is 20.0. The van der Waals surface area contributed by atoms with Gasteiger partial charge in [-0.3, -0.25) is 0 Å².